The average molecular weight is 487 g/mol. The monoisotopic (exact) mass is 486 g/mol. The van der Waals surface area contributed by atoms with Crippen molar-refractivity contribution in [3.05, 3.63) is 150 Å². The van der Waals surface area contributed by atoms with E-state index in [1.807, 2.05) is 0 Å². The Labute approximate surface area is 222 Å². The van der Waals surface area contributed by atoms with Crippen molar-refractivity contribution in [2.45, 2.75) is 12.3 Å². The largest absolute Gasteiger partial charge is 0.311 e. The molecule has 0 fully saturated rings. The molecule has 0 spiro atoms. The number of rotatable bonds is 3. The summed E-state index contributed by atoms with van der Waals surface area (Å²) in [5, 5.41) is 3.95. The van der Waals surface area contributed by atoms with Crippen molar-refractivity contribution in [1.29, 1.82) is 0 Å². The standard InChI is InChI=1S/C36H26N2/c1-3-11-25(12-4-1)26-19-21-28(22-20-26)38-34-18-10-8-16-30(34)32-24-23-31-29-15-7-9-17-33(29)37(35(31)36(32)38)27-13-5-2-6-14-27/h1-22,24,31H,23H2. The molecule has 0 amide bonds. The highest BCUT2D eigenvalue weighted by atomic mass is 15.2. The Balaban J connectivity index is 1.46. The summed E-state index contributed by atoms with van der Waals surface area (Å²) in [5.41, 5.74) is 10.2. The van der Waals surface area contributed by atoms with Gasteiger partial charge in [-0.1, -0.05) is 103 Å². The van der Waals surface area contributed by atoms with Gasteiger partial charge in [-0.3, -0.25) is 0 Å². The molecule has 1 atom stereocenters. The van der Waals surface area contributed by atoms with Crippen LogP contribution in [0.1, 0.15) is 17.9 Å². The molecule has 0 bridgehead atoms. The van der Waals surface area contributed by atoms with Gasteiger partial charge in [-0.2, -0.15) is 0 Å². The Morgan fingerprint density at radius 3 is 2.03 bits per heavy atom. The minimum Gasteiger partial charge on any atom is -0.311 e. The van der Waals surface area contributed by atoms with Crippen LogP contribution in [0.15, 0.2) is 133 Å². The van der Waals surface area contributed by atoms with Crippen LogP contribution in [-0.4, -0.2) is 4.57 Å². The quantitative estimate of drug-likeness (QED) is 0.251. The molecule has 0 saturated carbocycles. The summed E-state index contributed by atoms with van der Waals surface area (Å²) in [7, 11) is 0. The summed E-state index contributed by atoms with van der Waals surface area (Å²) >= 11 is 0. The van der Waals surface area contributed by atoms with Crippen molar-refractivity contribution in [1.82, 2.24) is 4.57 Å². The molecule has 1 unspecified atom stereocenters. The number of hydrogen-bond acceptors (Lipinski definition) is 1. The Morgan fingerprint density at radius 2 is 1.21 bits per heavy atom. The summed E-state index contributed by atoms with van der Waals surface area (Å²) in [4.78, 5) is 2.50. The zero-order valence-electron chi connectivity index (χ0n) is 21.0. The summed E-state index contributed by atoms with van der Waals surface area (Å²) < 4.78 is 2.49. The van der Waals surface area contributed by atoms with E-state index in [4.69, 9.17) is 0 Å². The highest BCUT2D eigenvalue weighted by Gasteiger charge is 2.37. The van der Waals surface area contributed by atoms with E-state index in [0.29, 0.717) is 5.92 Å². The SMILES string of the molecule is C1=c2c(n(-c3ccc(-c4ccccc4)cc3)c3ccccc23)=C2C(C1)c1ccccc1N2c1ccccc1. The predicted molar refractivity (Wildman–Crippen MR) is 158 cm³/mol. The highest BCUT2D eigenvalue weighted by Crippen LogP contribution is 2.50. The number of fused-ring (bicyclic) bond motifs is 6. The Morgan fingerprint density at radius 1 is 0.553 bits per heavy atom. The molecular formula is C36H26N2. The van der Waals surface area contributed by atoms with Crippen LogP contribution in [0, 0.1) is 0 Å². The second-order valence-electron chi connectivity index (χ2n) is 10.1. The zero-order chi connectivity index (χ0) is 25.1. The van der Waals surface area contributed by atoms with Crippen LogP contribution >= 0.6 is 0 Å². The molecular weight excluding hydrogens is 460 g/mol. The van der Waals surface area contributed by atoms with E-state index in [1.165, 1.54) is 60.9 Å². The summed E-state index contributed by atoms with van der Waals surface area (Å²) in [6, 6.07) is 48.3. The van der Waals surface area contributed by atoms with Crippen LogP contribution < -0.4 is 15.5 Å². The lowest BCUT2D eigenvalue weighted by Gasteiger charge is -2.25. The van der Waals surface area contributed by atoms with Gasteiger partial charge in [-0.05, 0) is 59.5 Å². The lowest BCUT2D eigenvalue weighted by atomic mass is 9.91. The van der Waals surface area contributed by atoms with E-state index >= 15 is 0 Å². The topological polar surface area (TPSA) is 8.17 Å². The molecule has 0 N–H and O–H groups in total. The van der Waals surface area contributed by atoms with Crippen molar-refractivity contribution in [2.24, 2.45) is 0 Å². The molecule has 180 valence electrons. The smallest absolute Gasteiger partial charge is 0.0743 e. The predicted octanol–water partition coefficient (Wildman–Crippen LogP) is 7.53. The lowest BCUT2D eigenvalue weighted by molar-refractivity contribution is 0.888. The third kappa shape index (κ3) is 3.07. The number of benzene rings is 5. The second kappa shape index (κ2) is 8.36. The Kier molecular flexibility index (Phi) is 4.68. The van der Waals surface area contributed by atoms with Gasteiger partial charge >= 0.3 is 0 Å². The molecule has 1 aliphatic heterocycles. The minimum absolute atomic E-state index is 0.325. The fraction of sp³-hybridized carbons (Fsp3) is 0.0556. The maximum Gasteiger partial charge on any atom is 0.0743 e. The van der Waals surface area contributed by atoms with Gasteiger partial charge in [0.1, 0.15) is 0 Å². The highest BCUT2D eigenvalue weighted by molar-refractivity contribution is 5.95. The fourth-order valence-corrected chi connectivity index (χ4v) is 6.44. The first-order valence-electron chi connectivity index (χ1n) is 13.3. The molecule has 5 aromatic carbocycles. The van der Waals surface area contributed by atoms with E-state index in [0.717, 1.165) is 6.42 Å². The van der Waals surface area contributed by atoms with E-state index in [9.17, 15) is 0 Å². The van der Waals surface area contributed by atoms with Crippen molar-refractivity contribution in [2.75, 3.05) is 4.90 Å². The van der Waals surface area contributed by atoms with Gasteiger partial charge in [0.25, 0.3) is 0 Å². The molecule has 0 radical (unpaired) electrons. The van der Waals surface area contributed by atoms with Crippen LogP contribution in [0.4, 0.5) is 11.4 Å². The first kappa shape index (κ1) is 21.3. The third-order valence-electron chi connectivity index (χ3n) is 8.09. The lowest BCUT2D eigenvalue weighted by Crippen LogP contribution is -2.38. The third-order valence-corrected chi connectivity index (χ3v) is 8.09. The van der Waals surface area contributed by atoms with E-state index in [-0.39, 0.29) is 0 Å². The van der Waals surface area contributed by atoms with Gasteiger partial charge in [-0.25, -0.2) is 0 Å². The molecule has 2 aliphatic rings. The van der Waals surface area contributed by atoms with E-state index in [2.05, 4.69) is 149 Å². The van der Waals surface area contributed by atoms with Gasteiger partial charge in [0.05, 0.1) is 16.6 Å². The summed E-state index contributed by atoms with van der Waals surface area (Å²) in [6.45, 7) is 0. The van der Waals surface area contributed by atoms with Crippen LogP contribution in [0.2, 0.25) is 0 Å². The second-order valence-corrected chi connectivity index (χ2v) is 10.1. The van der Waals surface area contributed by atoms with Crippen molar-refractivity contribution < 1.29 is 0 Å². The molecule has 6 aromatic rings. The Bertz CT molecular complexity index is 1930. The zero-order valence-corrected chi connectivity index (χ0v) is 21.0. The first-order valence-corrected chi connectivity index (χ1v) is 13.3. The Hall–Kier alpha value is -4.82. The molecule has 2 heteroatoms. The molecule has 38 heavy (non-hydrogen) atoms. The maximum atomic E-state index is 2.50. The van der Waals surface area contributed by atoms with E-state index in [1.54, 1.807) is 0 Å². The van der Waals surface area contributed by atoms with Gasteiger partial charge < -0.3 is 9.47 Å². The maximum absolute atomic E-state index is 2.50. The normalized spacial score (nSPS) is 15.6. The number of anilines is 2. The number of aromatic nitrogens is 1. The summed E-state index contributed by atoms with van der Waals surface area (Å²) in [6.07, 6.45) is 3.47. The molecule has 8 rings (SSSR count). The van der Waals surface area contributed by atoms with Gasteiger partial charge in [0, 0.05) is 33.6 Å². The van der Waals surface area contributed by atoms with Crippen molar-refractivity contribution in [3.63, 3.8) is 0 Å². The number of para-hydroxylation sites is 3. The van der Waals surface area contributed by atoms with Crippen molar-refractivity contribution in [3.8, 4) is 16.8 Å². The van der Waals surface area contributed by atoms with Crippen molar-refractivity contribution >= 4 is 34.1 Å². The number of nitrogens with zero attached hydrogens (tertiary/aromatic N) is 2. The van der Waals surface area contributed by atoms with Gasteiger partial charge in [-0.15, -0.1) is 0 Å². The van der Waals surface area contributed by atoms with E-state index < -0.39 is 0 Å². The van der Waals surface area contributed by atoms with Gasteiger partial charge in [0.2, 0.25) is 0 Å². The minimum atomic E-state index is 0.325. The van der Waals surface area contributed by atoms with Gasteiger partial charge in [0.15, 0.2) is 0 Å². The van der Waals surface area contributed by atoms with Crippen LogP contribution in [0.5, 0.6) is 0 Å². The average Bonchev–Trinajstić information content (AvgIpc) is 3.51. The number of hydrogen-bond donors (Lipinski definition) is 0. The van der Waals surface area contributed by atoms with Crippen LogP contribution in [0.25, 0.3) is 39.5 Å². The first-order chi connectivity index (χ1) is 18.9. The molecule has 1 aliphatic carbocycles. The fourth-order valence-electron chi connectivity index (χ4n) is 6.44. The molecule has 1 aromatic heterocycles. The molecule has 0 saturated heterocycles. The van der Waals surface area contributed by atoms with Crippen LogP contribution in [0.3, 0.4) is 0 Å². The summed E-state index contributed by atoms with van der Waals surface area (Å²) in [5.74, 6) is 0.325. The molecule has 2 nitrogen and oxygen atoms in total. The van der Waals surface area contributed by atoms with Crippen LogP contribution in [-0.2, 0) is 0 Å². The molecule has 2 heterocycles.